The molecule has 0 aliphatic rings. The first-order chi connectivity index (χ1) is 8.40. The van der Waals surface area contributed by atoms with Crippen molar-refractivity contribution in [1.29, 1.82) is 0 Å². The molecule has 1 rings (SSSR count). The van der Waals surface area contributed by atoms with Crippen LogP contribution in [0.2, 0.25) is 0 Å². The minimum absolute atomic E-state index is 0.100. The lowest BCUT2D eigenvalue weighted by Gasteiger charge is -2.12. The van der Waals surface area contributed by atoms with Crippen molar-refractivity contribution in [2.45, 2.75) is 6.92 Å². The Bertz CT molecular complexity index is 468. The monoisotopic (exact) mass is 273 g/mol. The summed E-state index contributed by atoms with van der Waals surface area (Å²) in [7, 11) is 0. The molecule has 0 heterocycles. The lowest BCUT2D eigenvalue weighted by molar-refractivity contribution is 0.251. The fourth-order valence-electron chi connectivity index (χ4n) is 1.10. The lowest BCUT2D eigenvalue weighted by Crippen LogP contribution is -2.36. The first-order valence-corrected chi connectivity index (χ1v) is 5.60. The van der Waals surface area contributed by atoms with Gasteiger partial charge in [-0.2, -0.15) is 0 Å². The number of amides is 2. The van der Waals surface area contributed by atoms with Gasteiger partial charge in [0.15, 0.2) is 0 Å². The number of anilines is 1. The van der Waals surface area contributed by atoms with Gasteiger partial charge in [-0.3, -0.25) is 0 Å². The Labute approximate surface area is 109 Å². The second kappa shape index (κ2) is 6.25. The van der Waals surface area contributed by atoms with E-state index in [1.54, 1.807) is 6.92 Å². The van der Waals surface area contributed by atoms with Crippen molar-refractivity contribution in [2.24, 2.45) is 11.7 Å². The van der Waals surface area contributed by atoms with Gasteiger partial charge in [-0.05, 0) is 12.1 Å². The number of thiocarbonyl (C=S) groups is 1. The van der Waals surface area contributed by atoms with E-state index in [9.17, 15) is 13.6 Å². The van der Waals surface area contributed by atoms with Crippen LogP contribution in [0.25, 0.3) is 0 Å². The van der Waals surface area contributed by atoms with Gasteiger partial charge in [-0.15, -0.1) is 0 Å². The maximum atomic E-state index is 13.2. The highest BCUT2D eigenvalue weighted by Gasteiger charge is 2.10. The minimum Gasteiger partial charge on any atom is -0.393 e. The van der Waals surface area contributed by atoms with E-state index in [0.29, 0.717) is 6.07 Å². The first-order valence-electron chi connectivity index (χ1n) is 5.19. The molecule has 18 heavy (non-hydrogen) atoms. The SMILES string of the molecule is CC(CNC(=O)Nc1ccc(F)cc1F)C(N)=S. The zero-order valence-electron chi connectivity index (χ0n) is 9.67. The van der Waals surface area contributed by atoms with Crippen molar-refractivity contribution in [2.75, 3.05) is 11.9 Å². The number of halogens is 2. The third kappa shape index (κ3) is 4.25. The molecule has 0 saturated heterocycles. The molecule has 2 amide bonds. The molecule has 0 aliphatic heterocycles. The van der Waals surface area contributed by atoms with E-state index in [1.165, 1.54) is 0 Å². The number of hydrogen-bond acceptors (Lipinski definition) is 2. The lowest BCUT2D eigenvalue weighted by atomic mass is 10.2. The summed E-state index contributed by atoms with van der Waals surface area (Å²) in [4.78, 5) is 11.7. The Balaban J connectivity index is 2.52. The van der Waals surface area contributed by atoms with Gasteiger partial charge in [0, 0.05) is 18.5 Å². The van der Waals surface area contributed by atoms with Gasteiger partial charge in [-0.1, -0.05) is 19.1 Å². The molecular formula is C11H13F2N3OS. The van der Waals surface area contributed by atoms with Crippen LogP contribution in [0.4, 0.5) is 19.3 Å². The number of benzene rings is 1. The molecule has 0 saturated carbocycles. The van der Waals surface area contributed by atoms with Crippen LogP contribution in [0.1, 0.15) is 6.92 Å². The smallest absolute Gasteiger partial charge is 0.319 e. The van der Waals surface area contributed by atoms with Gasteiger partial charge in [-0.25, -0.2) is 13.6 Å². The Kier molecular flexibility index (Phi) is 4.96. The number of hydrogen-bond donors (Lipinski definition) is 3. The van der Waals surface area contributed by atoms with Gasteiger partial charge < -0.3 is 16.4 Å². The zero-order chi connectivity index (χ0) is 13.7. The summed E-state index contributed by atoms with van der Waals surface area (Å²) in [5, 5.41) is 4.73. The van der Waals surface area contributed by atoms with Crippen molar-refractivity contribution in [1.82, 2.24) is 5.32 Å². The second-order valence-corrected chi connectivity index (χ2v) is 4.23. The van der Waals surface area contributed by atoms with Crippen LogP contribution in [-0.2, 0) is 0 Å². The Morgan fingerprint density at radius 1 is 1.50 bits per heavy atom. The van der Waals surface area contributed by atoms with Crippen LogP contribution in [-0.4, -0.2) is 17.6 Å². The fraction of sp³-hybridized carbons (Fsp3) is 0.273. The third-order valence-electron chi connectivity index (χ3n) is 2.23. The normalized spacial score (nSPS) is 11.7. The number of carbonyl (C=O) groups excluding carboxylic acids is 1. The summed E-state index contributed by atoms with van der Waals surface area (Å²) in [6.45, 7) is 1.99. The van der Waals surface area contributed by atoms with Crippen molar-refractivity contribution in [3.8, 4) is 0 Å². The molecule has 0 radical (unpaired) electrons. The van der Waals surface area contributed by atoms with Crippen molar-refractivity contribution in [3.63, 3.8) is 0 Å². The van der Waals surface area contributed by atoms with Crippen LogP contribution < -0.4 is 16.4 Å². The van der Waals surface area contributed by atoms with E-state index < -0.39 is 17.7 Å². The van der Waals surface area contributed by atoms with Gasteiger partial charge >= 0.3 is 6.03 Å². The predicted octanol–water partition coefficient (Wildman–Crippen LogP) is 2.01. The van der Waals surface area contributed by atoms with Crippen molar-refractivity contribution < 1.29 is 13.6 Å². The van der Waals surface area contributed by atoms with Crippen LogP contribution in [0.3, 0.4) is 0 Å². The largest absolute Gasteiger partial charge is 0.393 e. The van der Waals surface area contributed by atoms with Crippen LogP contribution in [0.15, 0.2) is 18.2 Å². The molecule has 1 unspecified atom stereocenters. The summed E-state index contributed by atoms with van der Waals surface area (Å²) >= 11 is 4.74. The van der Waals surface area contributed by atoms with Crippen LogP contribution >= 0.6 is 12.2 Å². The van der Waals surface area contributed by atoms with E-state index in [0.717, 1.165) is 12.1 Å². The van der Waals surface area contributed by atoms with Gasteiger partial charge in [0.1, 0.15) is 11.6 Å². The van der Waals surface area contributed by atoms with Gasteiger partial charge in [0.05, 0.1) is 10.7 Å². The van der Waals surface area contributed by atoms with E-state index >= 15 is 0 Å². The Morgan fingerprint density at radius 2 is 2.17 bits per heavy atom. The summed E-state index contributed by atoms with van der Waals surface area (Å²) < 4.78 is 25.8. The highest BCUT2D eigenvalue weighted by molar-refractivity contribution is 7.80. The summed E-state index contributed by atoms with van der Waals surface area (Å²) in [6, 6.07) is 2.27. The molecule has 98 valence electrons. The number of nitrogens with two attached hydrogens (primary N) is 1. The average molecular weight is 273 g/mol. The molecule has 1 aromatic carbocycles. The van der Waals surface area contributed by atoms with Gasteiger partial charge in [0.2, 0.25) is 0 Å². The first kappa shape index (κ1) is 14.3. The molecule has 0 bridgehead atoms. The molecular weight excluding hydrogens is 260 g/mol. The zero-order valence-corrected chi connectivity index (χ0v) is 10.5. The predicted molar refractivity (Wildman–Crippen MR) is 69.3 cm³/mol. The molecule has 0 aliphatic carbocycles. The van der Waals surface area contributed by atoms with Crippen LogP contribution in [0.5, 0.6) is 0 Å². The average Bonchev–Trinajstić information content (AvgIpc) is 2.29. The second-order valence-electron chi connectivity index (χ2n) is 3.76. The van der Waals surface area contributed by atoms with Crippen LogP contribution in [0, 0.1) is 17.6 Å². The van der Waals surface area contributed by atoms with Gasteiger partial charge in [0.25, 0.3) is 0 Å². The van der Waals surface area contributed by atoms with Crippen molar-refractivity contribution in [3.05, 3.63) is 29.8 Å². The molecule has 1 atom stereocenters. The molecule has 0 fully saturated rings. The molecule has 0 spiro atoms. The quantitative estimate of drug-likeness (QED) is 0.735. The standard InChI is InChI=1S/C11H13F2N3OS/c1-6(10(14)18)5-15-11(17)16-9-3-2-7(12)4-8(9)13/h2-4,6H,5H2,1H3,(H2,14,18)(H2,15,16,17). The van der Waals surface area contributed by atoms with Crippen molar-refractivity contribution >= 4 is 28.9 Å². The minimum atomic E-state index is -0.840. The number of rotatable bonds is 4. The highest BCUT2D eigenvalue weighted by atomic mass is 32.1. The van der Waals surface area contributed by atoms with E-state index in [-0.39, 0.29) is 23.1 Å². The van der Waals surface area contributed by atoms with E-state index in [2.05, 4.69) is 10.6 Å². The molecule has 0 aromatic heterocycles. The van der Waals surface area contributed by atoms with E-state index in [4.69, 9.17) is 18.0 Å². The number of carbonyl (C=O) groups is 1. The maximum Gasteiger partial charge on any atom is 0.319 e. The maximum absolute atomic E-state index is 13.2. The molecule has 4 N–H and O–H groups in total. The molecule has 4 nitrogen and oxygen atoms in total. The molecule has 7 heteroatoms. The van der Waals surface area contributed by atoms with E-state index in [1.807, 2.05) is 0 Å². The Morgan fingerprint density at radius 3 is 2.72 bits per heavy atom. The molecule has 1 aromatic rings. The summed E-state index contributed by atoms with van der Waals surface area (Å²) in [5.74, 6) is -1.71. The highest BCUT2D eigenvalue weighted by Crippen LogP contribution is 2.14. The summed E-state index contributed by atoms with van der Waals surface area (Å²) in [5.41, 5.74) is 5.27. The number of urea groups is 1. The fourth-order valence-corrected chi connectivity index (χ4v) is 1.19. The third-order valence-corrected chi connectivity index (χ3v) is 2.64. The number of nitrogens with one attached hydrogen (secondary N) is 2. The topological polar surface area (TPSA) is 67.2 Å². The Hall–Kier alpha value is -1.76. The summed E-state index contributed by atoms with van der Waals surface area (Å²) in [6.07, 6.45) is 0.